The molecular formula is C27H42FN3O5. The number of hydrogen-bond acceptors (Lipinski definition) is 5. The van der Waals surface area contributed by atoms with Gasteiger partial charge < -0.3 is 24.5 Å². The summed E-state index contributed by atoms with van der Waals surface area (Å²) in [4.78, 5) is 43.3. The molecule has 202 valence electrons. The highest BCUT2D eigenvalue weighted by Crippen LogP contribution is 2.29. The van der Waals surface area contributed by atoms with E-state index in [9.17, 15) is 23.9 Å². The van der Waals surface area contributed by atoms with Crippen LogP contribution in [0.1, 0.15) is 58.9 Å². The monoisotopic (exact) mass is 507 g/mol. The van der Waals surface area contributed by atoms with Crippen molar-refractivity contribution in [2.24, 2.45) is 11.3 Å². The molecule has 9 heteroatoms. The van der Waals surface area contributed by atoms with Crippen LogP contribution in [0.5, 0.6) is 0 Å². The summed E-state index contributed by atoms with van der Waals surface area (Å²) in [6.45, 7) is 11.3. The topological polar surface area (TPSA) is 90.4 Å². The molecule has 0 bridgehead atoms. The number of ether oxygens (including phenoxy) is 1. The predicted octanol–water partition coefficient (Wildman–Crippen LogP) is 3.78. The first-order valence-electron chi connectivity index (χ1n) is 12.7. The van der Waals surface area contributed by atoms with Crippen molar-refractivity contribution in [2.45, 2.75) is 59.9 Å². The molecular weight excluding hydrogens is 465 g/mol. The van der Waals surface area contributed by atoms with Crippen molar-refractivity contribution in [1.82, 2.24) is 9.80 Å². The molecule has 0 radical (unpaired) electrons. The summed E-state index contributed by atoms with van der Waals surface area (Å²) in [6, 6.07) is 4.29. The number of aliphatic carboxylic acids is 1. The van der Waals surface area contributed by atoms with E-state index in [1.165, 1.54) is 19.2 Å². The third-order valence-corrected chi connectivity index (χ3v) is 6.26. The lowest BCUT2D eigenvalue weighted by atomic mass is 9.85. The molecule has 36 heavy (non-hydrogen) atoms. The molecule has 2 rings (SSSR count). The summed E-state index contributed by atoms with van der Waals surface area (Å²) in [5, 5.41) is 9.25. The quantitative estimate of drug-likeness (QED) is 0.576. The Kier molecular flexibility index (Phi) is 11.3. The first kappa shape index (κ1) is 29.7. The van der Waals surface area contributed by atoms with E-state index in [4.69, 9.17) is 4.74 Å². The van der Waals surface area contributed by atoms with Crippen LogP contribution in [0.2, 0.25) is 0 Å². The number of rotatable bonds is 8. The summed E-state index contributed by atoms with van der Waals surface area (Å²) in [6.07, 6.45) is 1.44. The zero-order chi connectivity index (χ0) is 26.9. The Morgan fingerprint density at radius 1 is 1.06 bits per heavy atom. The molecule has 1 heterocycles. The molecule has 0 spiro atoms. The lowest BCUT2D eigenvalue weighted by Crippen LogP contribution is -2.41. The maximum atomic E-state index is 14.3. The van der Waals surface area contributed by atoms with E-state index in [0.717, 1.165) is 32.5 Å². The molecule has 8 nitrogen and oxygen atoms in total. The Morgan fingerprint density at radius 3 is 2.33 bits per heavy atom. The minimum Gasteiger partial charge on any atom is -0.481 e. The molecule has 0 saturated heterocycles. The van der Waals surface area contributed by atoms with E-state index in [1.807, 2.05) is 0 Å². The number of fused-ring (bicyclic) bond motifs is 1. The number of carboxylic acids is 1. The summed E-state index contributed by atoms with van der Waals surface area (Å²) < 4.78 is 19.4. The van der Waals surface area contributed by atoms with Crippen molar-refractivity contribution >= 4 is 23.5 Å². The Bertz CT molecular complexity index is 905. The number of carbonyl (C=O) groups excluding carboxylic acids is 2. The Morgan fingerprint density at radius 2 is 1.72 bits per heavy atom. The first-order chi connectivity index (χ1) is 16.9. The molecule has 1 aromatic carbocycles. The zero-order valence-corrected chi connectivity index (χ0v) is 22.4. The lowest BCUT2D eigenvalue weighted by Gasteiger charge is -2.33. The minimum atomic E-state index is -0.953. The van der Waals surface area contributed by atoms with E-state index in [-0.39, 0.29) is 37.8 Å². The van der Waals surface area contributed by atoms with Crippen molar-refractivity contribution in [3.05, 3.63) is 29.6 Å². The van der Waals surface area contributed by atoms with Gasteiger partial charge in [-0.25, -0.2) is 4.39 Å². The number of hydrogen-bond donors (Lipinski definition) is 1. The van der Waals surface area contributed by atoms with Gasteiger partial charge in [-0.3, -0.25) is 14.4 Å². The van der Waals surface area contributed by atoms with Crippen LogP contribution in [0.25, 0.3) is 0 Å². The summed E-state index contributed by atoms with van der Waals surface area (Å²) in [5.41, 5.74) is 0.391. The molecule has 1 aromatic rings. The highest BCUT2D eigenvalue weighted by molar-refractivity contribution is 5.95. The molecule has 0 fully saturated rings. The number of carbonyl (C=O) groups is 3. The standard InChI is InChI=1S/C27H42FN3O5/c1-20(2)17-29-10-6-12-30(24(32)15-27(3,4)16-26(34)35)18-21-14-22(28)8-9-23(21)31(13-7-11-29)25(33)19-36-5/h8-9,14,20H,6-7,10-13,15-19H2,1-5H3,(H,34,35). The number of anilines is 1. The van der Waals surface area contributed by atoms with Gasteiger partial charge in [0.1, 0.15) is 12.4 Å². The Labute approximate surface area is 214 Å². The summed E-state index contributed by atoms with van der Waals surface area (Å²) in [5.74, 6) is -1.33. The fourth-order valence-corrected chi connectivity index (χ4v) is 4.76. The second-order valence-corrected chi connectivity index (χ2v) is 10.9. The molecule has 0 aromatic heterocycles. The fraction of sp³-hybridized carbons (Fsp3) is 0.667. The van der Waals surface area contributed by atoms with Crippen molar-refractivity contribution in [3.63, 3.8) is 0 Å². The van der Waals surface area contributed by atoms with Gasteiger partial charge >= 0.3 is 5.97 Å². The first-order valence-corrected chi connectivity index (χ1v) is 12.7. The zero-order valence-electron chi connectivity index (χ0n) is 22.4. The van der Waals surface area contributed by atoms with Gasteiger partial charge in [-0.1, -0.05) is 27.7 Å². The van der Waals surface area contributed by atoms with Gasteiger partial charge in [-0.15, -0.1) is 0 Å². The summed E-state index contributed by atoms with van der Waals surface area (Å²) >= 11 is 0. The number of amides is 2. The maximum Gasteiger partial charge on any atom is 0.303 e. The molecule has 1 aliphatic heterocycles. The van der Waals surface area contributed by atoms with Gasteiger partial charge in [0.15, 0.2) is 0 Å². The number of halogens is 1. The number of benzene rings is 1. The average Bonchev–Trinajstić information content (AvgIpc) is 2.74. The number of nitrogens with zero attached hydrogens (tertiary/aromatic N) is 3. The van der Waals surface area contributed by atoms with Crippen molar-refractivity contribution in [2.75, 3.05) is 51.3 Å². The van der Waals surface area contributed by atoms with E-state index in [2.05, 4.69) is 18.7 Å². The molecule has 0 aliphatic carbocycles. The highest BCUT2D eigenvalue weighted by Gasteiger charge is 2.29. The van der Waals surface area contributed by atoms with Gasteiger partial charge in [-0.05, 0) is 61.0 Å². The molecule has 1 N–H and O–H groups in total. The van der Waals surface area contributed by atoms with Crippen LogP contribution < -0.4 is 4.90 Å². The molecule has 2 amide bonds. The van der Waals surface area contributed by atoms with Gasteiger partial charge in [0.05, 0.1) is 6.42 Å². The number of carboxylic acid groups (broad SMARTS) is 1. The van der Waals surface area contributed by atoms with Gasteiger partial charge in [0.2, 0.25) is 5.91 Å². The van der Waals surface area contributed by atoms with Crippen LogP contribution in [0, 0.1) is 17.2 Å². The molecule has 1 aliphatic rings. The minimum absolute atomic E-state index is 0.0615. The molecule has 0 saturated carbocycles. The smallest absolute Gasteiger partial charge is 0.303 e. The van der Waals surface area contributed by atoms with Crippen molar-refractivity contribution in [1.29, 1.82) is 0 Å². The van der Waals surface area contributed by atoms with Crippen LogP contribution in [0.4, 0.5) is 10.1 Å². The molecule has 0 atom stereocenters. The second kappa shape index (κ2) is 13.7. The summed E-state index contributed by atoms with van der Waals surface area (Å²) in [7, 11) is 1.46. The fourth-order valence-electron chi connectivity index (χ4n) is 4.76. The van der Waals surface area contributed by atoms with Gasteiger partial charge in [0.25, 0.3) is 5.91 Å². The van der Waals surface area contributed by atoms with Crippen molar-refractivity contribution < 1.29 is 28.6 Å². The van der Waals surface area contributed by atoms with E-state index in [0.29, 0.717) is 30.3 Å². The predicted molar refractivity (Wildman–Crippen MR) is 137 cm³/mol. The van der Waals surface area contributed by atoms with Gasteiger partial charge in [-0.2, -0.15) is 0 Å². The third-order valence-electron chi connectivity index (χ3n) is 6.26. The largest absolute Gasteiger partial charge is 0.481 e. The van der Waals surface area contributed by atoms with Crippen LogP contribution in [-0.4, -0.2) is 79.1 Å². The Balaban J connectivity index is 2.43. The number of methoxy groups -OCH3 is 1. The Hall–Kier alpha value is -2.52. The maximum absolute atomic E-state index is 14.3. The van der Waals surface area contributed by atoms with E-state index in [1.54, 1.807) is 29.7 Å². The third kappa shape index (κ3) is 9.50. The van der Waals surface area contributed by atoms with Crippen LogP contribution >= 0.6 is 0 Å². The highest BCUT2D eigenvalue weighted by atomic mass is 19.1. The van der Waals surface area contributed by atoms with Crippen LogP contribution in [-0.2, 0) is 25.7 Å². The van der Waals surface area contributed by atoms with Crippen molar-refractivity contribution in [3.8, 4) is 0 Å². The van der Waals surface area contributed by atoms with E-state index >= 15 is 0 Å². The second-order valence-electron chi connectivity index (χ2n) is 10.9. The van der Waals surface area contributed by atoms with Gasteiger partial charge in [0, 0.05) is 45.4 Å². The lowest BCUT2D eigenvalue weighted by molar-refractivity contribution is -0.141. The SMILES string of the molecule is COCC(=O)N1CCCN(CC(C)C)CCCN(C(=O)CC(C)(C)CC(=O)O)Cc2cc(F)ccc21. The molecule has 0 unspecified atom stereocenters. The average molecular weight is 508 g/mol. The van der Waals surface area contributed by atoms with Crippen LogP contribution in [0.3, 0.4) is 0 Å². The van der Waals surface area contributed by atoms with E-state index < -0.39 is 17.2 Å². The van der Waals surface area contributed by atoms with Crippen LogP contribution in [0.15, 0.2) is 18.2 Å². The normalized spacial score (nSPS) is 16.3.